The second kappa shape index (κ2) is 7.52. The lowest BCUT2D eigenvalue weighted by atomic mass is 9.91. The molecule has 4 rings (SSSR count). The van der Waals surface area contributed by atoms with Gasteiger partial charge < -0.3 is 23.7 Å². The largest absolute Gasteiger partial charge is 0.497 e. The van der Waals surface area contributed by atoms with E-state index in [2.05, 4.69) is 0 Å². The van der Waals surface area contributed by atoms with E-state index in [4.69, 9.17) is 18.6 Å². The molecule has 7 nitrogen and oxygen atoms in total. The van der Waals surface area contributed by atoms with Gasteiger partial charge in [-0.2, -0.15) is 0 Å². The first-order valence-electron chi connectivity index (χ1n) is 9.07. The third-order valence-corrected chi connectivity index (χ3v) is 5.04. The minimum absolute atomic E-state index is 0.0566. The van der Waals surface area contributed by atoms with E-state index in [1.54, 1.807) is 74.9 Å². The normalized spacial score (nSPS) is 21.1. The predicted octanol–water partition coefficient (Wildman–Crippen LogP) is 3.84. The molecule has 1 aromatic heterocycles. The van der Waals surface area contributed by atoms with Crippen LogP contribution in [0.25, 0.3) is 0 Å². The molecular formula is C22H21NO6. The van der Waals surface area contributed by atoms with Crippen molar-refractivity contribution in [2.45, 2.75) is 18.4 Å². The van der Waals surface area contributed by atoms with Crippen LogP contribution in [0.15, 0.2) is 71.3 Å². The monoisotopic (exact) mass is 395 g/mol. The molecule has 1 N–H and O–H groups in total. The van der Waals surface area contributed by atoms with Crippen LogP contribution in [0, 0.1) is 0 Å². The summed E-state index contributed by atoms with van der Waals surface area (Å²) < 4.78 is 21.4. The van der Waals surface area contributed by atoms with E-state index in [1.165, 1.54) is 11.2 Å². The maximum absolute atomic E-state index is 12.8. The molecule has 0 aliphatic carbocycles. The molecule has 1 fully saturated rings. The Morgan fingerprint density at radius 1 is 1.00 bits per heavy atom. The Balaban J connectivity index is 1.79. The molecule has 2 aromatic carbocycles. The lowest BCUT2D eigenvalue weighted by Crippen LogP contribution is -2.45. The van der Waals surface area contributed by atoms with Gasteiger partial charge in [-0.3, -0.25) is 4.90 Å². The summed E-state index contributed by atoms with van der Waals surface area (Å²) in [5, 5.41) is 11.9. The summed E-state index contributed by atoms with van der Waals surface area (Å²) in [4.78, 5) is 14.0. The van der Waals surface area contributed by atoms with Crippen molar-refractivity contribution in [2.75, 3.05) is 14.2 Å². The molecule has 7 heteroatoms. The first-order chi connectivity index (χ1) is 14.1. The van der Waals surface area contributed by atoms with E-state index in [1.807, 2.05) is 0 Å². The molecule has 0 bridgehead atoms. The van der Waals surface area contributed by atoms with Crippen molar-refractivity contribution in [1.82, 2.24) is 4.90 Å². The summed E-state index contributed by atoms with van der Waals surface area (Å²) in [5.41, 5.74) is -0.610. The highest BCUT2D eigenvalue weighted by atomic mass is 16.6. The topological polar surface area (TPSA) is 81.4 Å². The number of hydrogen-bond donors (Lipinski definition) is 1. The molecule has 1 aliphatic heterocycles. The Bertz CT molecular complexity index is 968. The molecule has 0 unspecified atom stereocenters. The van der Waals surface area contributed by atoms with Gasteiger partial charge in [-0.15, -0.1) is 0 Å². The van der Waals surface area contributed by atoms with Crippen LogP contribution in [0.4, 0.5) is 4.79 Å². The molecule has 29 heavy (non-hydrogen) atoms. The summed E-state index contributed by atoms with van der Waals surface area (Å²) in [6.07, 6.45) is -0.0609. The lowest BCUT2D eigenvalue weighted by molar-refractivity contribution is -0.114. The number of amides is 1. The number of nitrogens with zero attached hydrogens (tertiary/aromatic N) is 1. The Hall–Kier alpha value is -3.45. The van der Waals surface area contributed by atoms with Crippen LogP contribution in [-0.4, -0.2) is 30.3 Å². The minimum atomic E-state index is -1.75. The Morgan fingerprint density at radius 2 is 1.62 bits per heavy atom. The summed E-state index contributed by atoms with van der Waals surface area (Å²) in [6, 6.07) is 17.4. The van der Waals surface area contributed by atoms with Crippen LogP contribution in [0.5, 0.6) is 11.5 Å². The zero-order valence-electron chi connectivity index (χ0n) is 16.1. The van der Waals surface area contributed by atoms with Crippen LogP contribution >= 0.6 is 0 Å². The molecule has 2 heterocycles. The van der Waals surface area contributed by atoms with Crippen molar-refractivity contribution in [2.24, 2.45) is 0 Å². The van der Waals surface area contributed by atoms with Crippen LogP contribution in [0.2, 0.25) is 0 Å². The van der Waals surface area contributed by atoms with E-state index >= 15 is 0 Å². The van der Waals surface area contributed by atoms with Crippen molar-refractivity contribution < 1.29 is 28.5 Å². The predicted molar refractivity (Wildman–Crippen MR) is 103 cm³/mol. The highest BCUT2D eigenvalue weighted by Crippen LogP contribution is 2.47. The van der Waals surface area contributed by atoms with Gasteiger partial charge in [-0.1, -0.05) is 24.3 Å². The Labute approximate surface area is 168 Å². The minimum Gasteiger partial charge on any atom is -0.497 e. The van der Waals surface area contributed by atoms with Gasteiger partial charge in [0.15, 0.2) is 6.10 Å². The maximum atomic E-state index is 12.8. The fraction of sp³-hybridized carbons (Fsp3) is 0.227. The van der Waals surface area contributed by atoms with Gasteiger partial charge in [-0.25, -0.2) is 4.79 Å². The van der Waals surface area contributed by atoms with Gasteiger partial charge in [0, 0.05) is 5.56 Å². The zero-order valence-corrected chi connectivity index (χ0v) is 16.1. The van der Waals surface area contributed by atoms with Crippen LogP contribution < -0.4 is 9.47 Å². The molecule has 1 aliphatic rings. The molecular weight excluding hydrogens is 374 g/mol. The van der Waals surface area contributed by atoms with E-state index in [0.29, 0.717) is 28.4 Å². The Kier molecular flexibility index (Phi) is 4.90. The molecule has 0 radical (unpaired) electrons. The van der Waals surface area contributed by atoms with Crippen molar-refractivity contribution in [3.8, 4) is 11.5 Å². The van der Waals surface area contributed by atoms with Crippen LogP contribution in [-0.2, 0) is 17.0 Å². The van der Waals surface area contributed by atoms with Gasteiger partial charge in [0.05, 0.1) is 27.0 Å². The van der Waals surface area contributed by atoms with E-state index in [-0.39, 0.29) is 6.54 Å². The van der Waals surface area contributed by atoms with E-state index in [0.717, 1.165) is 0 Å². The zero-order chi connectivity index (χ0) is 20.4. The fourth-order valence-corrected chi connectivity index (χ4v) is 3.49. The molecule has 3 aromatic rings. The highest BCUT2D eigenvalue weighted by molar-refractivity contribution is 5.72. The standard InChI is InChI=1S/C22H21NO6/c1-26-17-9-5-15(6-10-17)20-22(25,16-7-11-18(27-2)12-8-16)23(21(24)29-20)14-19-4-3-13-28-19/h3-13,20,25H,14H2,1-2H3/t20-,22-/m0/s1. The molecule has 2 atom stereocenters. The van der Waals surface area contributed by atoms with Crippen molar-refractivity contribution >= 4 is 6.09 Å². The first kappa shape index (κ1) is 18.9. The van der Waals surface area contributed by atoms with Crippen molar-refractivity contribution in [1.29, 1.82) is 0 Å². The number of furan rings is 1. The molecule has 1 saturated heterocycles. The number of hydrogen-bond acceptors (Lipinski definition) is 6. The number of carbonyl (C=O) groups excluding carboxylic acids is 1. The Morgan fingerprint density at radius 3 is 2.17 bits per heavy atom. The van der Waals surface area contributed by atoms with E-state index in [9.17, 15) is 9.90 Å². The lowest BCUT2D eigenvalue weighted by Gasteiger charge is -2.34. The summed E-state index contributed by atoms with van der Waals surface area (Å²) >= 11 is 0. The number of methoxy groups -OCH3 is 2. The van der Waals surface area contributed by atoms with E-state index < -0.39 is 17.9 Å². The number of carbonyl (C=O) groups is 1. The SMILES string of the molecule is COc1ccc([C@@H]2OC(=O)N(Cc3ccco3)[C@]2(O)c2ccc(OC)cc2)cc1. The summed E-state index contributed by atoms with van der Waals surface area (Å²) in [5.74, 6) is 1.84. The average molecular weight is 395 g/mol. The van der Waals surface area contributed by atoms with Crippen LogP contribution in [0.3, 0.4) is 0 Å². The van der Waals surface area contributed by atoms with Crippen molar-refractivity contribution in [3.05, 3.63) is 83.8 Å². The maximum Gasteiger partial charge on any atom is 0.413 e. The number of cyclic esters (lactones) is 1. The second-order valence-corrected chi connectivity index (χ2v) is 6.66. The van der Waals surface area contributed by atoms with Gasteiger partial charge in [0.2, 0.25) is 5.72 Å². The molecule has 0 spiro atoms. The van der Waals surface area contributed by atoms with Crippen molar-refractivity contribution in [3.63, 3.8) is 0 Å². The molecule has 1 amide bonds. The quantitative estimate of drug-likeness (QED) is 0.683. The highest BCUT2D eigenvalue weighted by Gasteiger charge is 2.56. The van der Waals surface area contributed by atoms with Gasteiger partial charge in [0.1, 0.15) is 17.3 Å². The number of ether oxygens (including phenoxy) is 3. The second-order valence-electron chi connectivity index (χ2n) is 6.66. The number of aliphatic hydroxyl groups is 1. The third kappa shape index (κ3) is 3.30. The van der Waals surface area contributed by atoms with Gasteiger partial charge >= 0.3 is 6.09 Å². The smallest absolute Gasteiger partial charge is 0.413 e. The summed E-state index contributed by atoms with van der Waals surface area (Å²) in [6.45, 7) is 0.0566. The first-order valence-corrected chi connectivity index (χ1v) is 9.07. The van der Waals surface area contributed by atoms with Gasteiger partial charge in [-0.05, 0) is 42.0 Å². The molecule has 0 saturated carbocycles. The number of rotatable bonds is 6. The average Bonchev–Trinajstić information content (AvgIpc) is 3.37. The third-order valence-electron chi connectivity index (χ3n) is 5.04. The molecule has 150 valence electrons. The summed E-state index contributed by atoms with van der Waals surface area (Å²) in [7, 11) is 3.14. The number of benzene rings is 2. The fourth-order valence-electron chi connectivity index (χ4n) is 3.49. The van der Waals surface area contributed by atoms with Crippen LogP contribution in [0.1, 0.15) is 23.0 Å². The van der Waals surface area contributed by atoms with Gasteiger partial charge in [0.25, 0.3) is 0 Å².